The van der Waals surface area contributed by atoms with E-state index in [0.717, 1.165) is 5.56 Å². The van der Waals surface area contributed by atoms with Gasteiger partial charge in [-0.25, -0.2) is 0 Å². The number of halogens is 3. The molecule has 0 aliphatic rings. The Hall–Kier alpha value is -3.56. The molecule has 0 unspecified atom stereocenters. The second-order valence-corrected chi connectivity index (χ2v) is 5.76. The SMILES string of the molecule is CCNc1nc(Nc2ccc(OC(F)(F)F)cc2)nc(-c2ccc(OC)cc2)n1. The normalized spacial score (nSPS) is 11.1. The summed E-state index contributed by atoms with van der Waals surface area (Å²) in [5, 5.41) is 5.99. The van der Waals surface area contributed by atoms with Gasteiger partial charge in [-0.2, -0.15) is 15.0 Å². The second kappa shape index (κ2) is 8.63. The summed E-state index contributed by atoms with van der Waals surface area (Å²) in [5.74, 6) is 1.43. The monoisotopic (exact) mass is 405 g/mol. The Balaban J connectivity index is 1.85. The summed E-state index contributed by atoms with van der Waals surface area (Å²) in [6.45, 7) is 2.51. The smallest absolute Gasteiger partial charge is 0.497 e. The van der Waals surface area contributed by atoms with Gasteiger partial charge in [-0.1, -0.05) is 0 Å². The van der Waals surface area contributed by atoms with Gasteiger partial charge in [0.25, 0.3) is 0 Å². The van der Waals surface area contributed by atoms with Gasteiger partial charge < -0.3 is 20.1 Å². The molecule has 0 atom stereocenters. The Labute approximate surface area is 164 Å². The van der Waals surface area contributed by atoms with Crippen molar-refractivity contribution in [3.63, 3.8) is 0 Å². The van der Waals surface area contributed by atoms with Crippen molar-refractivity contribution in [1.29, 1.82) is 0 Å². The van der Waals surface area contributed by atoms with E-state index in [0.29, 0.717) is 29.8 Å². The standard InChI is InChI=1S/C19H18F3N5O2/c1-3-23-17-25-16(12-4-8-14(28-2)9-5-12)26-18(27-17)24-13-6-10-15(11-7-13)29-19(20,21)22/h4-11H,3H2,1-2H3,(H2,23,24,25,26,27). The Kier molecular flexibility index (Phi) is 6.01. The zero-order valence-corrected chi connectivity index (χ0v) is 15.6. The van der Waals surface area contributed by atoms with Crippen LogP contribution in [0.2, 0.25) is 0 Å². The van der Waals surface area contributed by atoms with Crippen molar-refractivity contribution >= 4 is 17.6 Å². The van der Waals surface area contributed by atoms with Crippen LogP contribution in [0.25, 0.3) is 11.4 Å². The van der Waals surface area contributed by atoms with Gasteiger partial charge in [0.15, 0.2) is 5.82 Å². The number of ether oxygens (including phenoxy) is 2. The molecule has 29 heavy (non-hydrogen) atoms. The zero-order chi connectivity index (χ0) is 20.9. The fourth-order valence-electron chi connectivity index (χ4n) is 2.41. The lowest BCUT2D eigenvalue weighted by Crippen LogP contribution is -2.17. The zero-order valence-electron chi connectivity index (χ0n) is 15.6. The molecule has 0 bridgehead atoms. The predicted molar refractivity (Wildman–Crippen MR) is 102 cm³/mol. The molecule has 2 aromatic carbocycles. The number of anilines is 3. The molecular formula is C19H18F3N5O2. The van der Waals surface area contributed by atoms with Crippen molar-refractivity contribution < 1.29 is 22.6 Å². The highest BCUT2D eigenvalue weighted by Crippen LogP contribution is 2.26. The summed E-state index contributed by atoms with van der Waals surface area (Å²) in [6, 6.07) is 12.5. The molecule has 1 aromatic heterocycles. The van der Waals surface area contributed by atoms with Crippen molar-refractivity contribution in [2.75, 3.05) is 24.3 Å². The van der Waals surface area contributed by atoms with Crippen LogP contribution in [0, 0.1) is 0 Å². The average molecular weight is 405 g/mol. The minimum absolute atomic E-state index is 0.242. The molecular weight excluding hydrogens is 387 g/mol. The van der Waals surface area contributed by atoms with E-state index in [4.69, 9.17) is 4.74 Å². The Morgan fingerprint density at radius 3 is 2.07 bits per heavy atom. The second-order valence-electron chi connectivity index (χ2n) is 5.76. The summed E-state index contributed by atoms with van der Waals surface area (Å²) >= 11 is 0. The van der Waals surface area contributed by atoms with Gasteiger partial charge >= 0.3 is 6.36 Å². The third kappa shape index (κ3) is 5.71. The van der Waals surface area contributed by atoms with E-state index in [1.165, 1.54) is 24.3 Å². The largest absolute Gasteiger partial charge is 0.573 e. The van der Waals surface area contributed by atoms with Crippen LogP contribution in [-0.2, 0) is 0 Å². The van der Waals surface area contributed by atoms with E-state index in [-0.39, 0.29) is 11.7 Å². The topological polar surface area (TPSA) is 81.2 Å². The summed E-state index contributed by atoms with van der Waals surface area (Å²) in [5.41, 5.74) is 1.25. The number of benzene rings is 2. The number of nitrogens with zero attached hydrogens (tertiary/aromatic N) is 3. The first-order chi connectivity index (χ1) is 13.9. The Morgan fingerprint density at radius 2 is 1.48 bits per heavy atom. The fourth-order valence-corrected chi connectivity index (χ4v) is 2.41. The van der Waals surface area contributed by atoms with Crippen molar-refractivity contribution in [2.45, 2.75) is 13.3 Å². The summed E-state index contributed by atoms with van der Waals surface area (Å²) in [7, 11) is 1.58. The van der Waals surface area contributed by atoms with Crippen LogP contribution < -0.4 is 20.1 Å². The van der Waals surface area contributed by atoms with E-state index in [1.54, 1.807) is 19.2 Å². The number of aromatic nitrogens is 3. The van der Waals surface area contributed by atoms with Crippen LogP contribution in [0.5, 0.6) is 11.5 Å². The lowest BCUT2D eigenvalue weighted by molar-refractivity contribution is -0.274. The van der Waals surface area contributed by atoms with E-state index < -0.39 is 6.36 Å². The minimum atomic E-state index is -4.74. The van der Waals surface area contributed by atoms with E-state index in [1.807, 2.05) is 19.1 Å². The molecule has 0 fully saturated rings. The lowest BCUT2D eigenvalue weighted by Gasteiger charge is -2.11. The quantitative estimate of drug-likeness (QED) is 0.594. The number of alkyl halides is 3. The molecule has 3 aromatic rings. The molecule has 1 heterocycles. The van der Waals surface area contributed by atoms with Gasteiger partial charge in [-0.15, -0.1) is 13.2 Å². The Bertz CT molecular complexity index is 948. The average Bonchev–Trinajstić information content (AvgIpc) is 2.68. The molecule has 0 amide bonds. The maximum atomic E-state index is 12.3. The van der Waals surface area contributed by atoms with Crippen molar-refractivity contribution in [3.8, 4) is 22.9 Å². The first-order valence-corrected chi connectivity index (χ1v) is 8.63. The fraction of sp³-hybridized carbons (Fsp3) is 0.211. The van der Waals surface area contributed by atoms with Gasteiger partial charge in [-0.05, 0) is 55.5 Å². The van der Waals surface area contributed by atoms with Crippen LogP contribution in [0.4, 0.5) is 30.8 Å². The van der Waals surface area contributed by atoms with Gasteiger partial charge in [-0.3, -0.25) is 0 Å². The van der Waals surface area contributed by atoms with Crippen molar-refractivity contribution in [3.05, 3.63) is 48.5 Å². The number of rotatable bonds is 7. The number of methoxy groups -OCH3 is 1. The highest BCUT2D eigenvalue weighted by atomic mass is 19.4. The van der Waals surface area contributed by atoms with E-state index in [9.17, 15) is 13.2 Å². The molecule has 0 radical (unpaired) electrons. The first kappa shape index (κ1) is 20.2. The summed E-state index contributed by atoms with van der Waals surface area (Å²) in [4.78, 5) is 13.1. The number of nitrogens with one attached hydrogen (secondary N) is 2. The summed E-state index contributed by atoms with van der Waals surface area (Å²) in [6.07, 6.45) is -4.74. The van der Waals surface area contributed by atoms with Gasteiger partial charge in [0.2, 0.25) is 11.9 Å². The lowest BCUT2D eigenvalue weighted by atomic mass is 10.2. The highest BCUT2D eigenvalue weighted by Gasteiger charge is 2.30. The summed E-state index contributed by atoms with van der Waals surface area (Å²) < 4.78 is 45.9. The molecule has 3 rings (SSSR count). The van der Waals surface area contributed by atoms with Crippen molar-refractivity contribution in [2.24, 2.45) is 0 Å². The van der Waals surface area contributed by atoms with Crippen LogP contribution >= 0.6 is 0 Å². The van der Waals surface area contributed by atoms with Crippen LogP contribution in [0.3, 0.4) is 0 Å². The molecule has 10 heteroatoms. The molecule has 0 aliphatic carbocycles. The van der Waals surface area contributed by atoms with Crippen LogP contribution in [0.15, 0.2) is 48.5 Å². The molecule has 0 saturated heterocycles. The number of hydrogen-bond acceptors (Lipinski definition) is 7. The van der Waals surface area contributed by atoms with Crippen LogP contribution in [0.1, 0.15) is 6.92 Å². The van der Waals surface area contributed by atoms with Gasteiger partial charge in [0, 0.05) is 17.8 Å². The molecule has 7 nitrogen and oxygen atoms in total. The third-order valence-electron chi connectivity index (χ3n) is 3.66. The molecule has 0 aliphatic heterocycles. The predicted octanol–water partition coefficient (Wildman–Crippen LogP) is 4.62. The first-order valence-electron chi connectivity index (χ1n) is 8.63. The maximum absolute atomic E-state index is 12.3. The number of hydrogen-bond donors (Lipinski definition) is 2. The molecule has 2 N–H and O–H groups in total. The Morgan fingerprint density at radius 1 is 0.862 bits per heavy atom. The van der Waals surface area contributed by atoms with Crippen LogP contribution in [-0.4, -0.2) is 35.0 Å². The minimum Gasteiger partial charge on any atom is -0.497 e. The highest BCUT2D eigenvalue weighted by molar-refractivity contribution is 5.62. The third-order valence-corrected chi connectivity index (χ3v) is 3.66. The van der Waals surface area contributed by atoms with Gasteiger partial charge in [0.05, 0.1) is 7.11 Å². The van der Waals surface area contributed by atoms with E-state index in [2.05, 4.69) is 30.3 Å². The van der Waals surface area contributed by atoms with Crippen molar-refractivity contribution in [1.82, 2.24) is 15.0 Å². The molecule has 0 spiro atoms. The molecule has 0 saturated carbocycles. The molecule has 152 valence electrons. The maximum Gasteiger partial charge on any atom is 0.573 e. The van der Waals surface area contributed by atoms with Gasteiger partial charge in [0.1, 0.15) is 11.5 Å². The van der Waals surface area contributed by atoms with E-state index >= 15 is 0 Å².